The zero-order valence-electron chi connectivity index (χ0n) is 12.6. The summed E-state index contributed by atoms with van der Waals surface area (Å²) in [5.41, 5.74) is 1.23. The molecule has 1 aliphatic rings. The van der Waals surface area contributed by atoms with Gasteiger partial charge in [0.2, 0.25) is 0 Å². The highest BCUT2D eigenvalue weighted by atomic mass is 16.5. The maximum absolute atomic E-state index is 12.5. The number of carbonyl (C=O) groups excluding carboxylic acids is 1. The predicted molar refractivity (Wildman–Crippen MR) is 77.1 cm³/mol. The molecular weight excluding hydrogens is 268 g/mol. The van der Waals surface area contributed by atoms with Crippen LogP contribution >= 0.6 is 0 Å². The third kappa shape index (κ3) is 2.57. The number of hydrogen-bond acceptors (Lipinski definition) is 4. The van der Waals surface area contributed by atoms with E-state index in [0.717, 1.165) is 25.2 Å². The number of hydrogen-bond donors (Lipinski definition) is 1. The molecule has 0 aliphatic carbocycles. The second kappa shape index (κ2) is 5.35. The SMILES string of the molecule is Cc1noc(C(C)C)c1C(=O)NC1CCc2nccn2C1. The first-order valence-electron chi connectivity index (χ1n) is 7.33. The monoisotopic (exact) mass is 288 g/mol. The van der Waals surface area contributed by atoms with Crippen molar-refractivity contribution in [2.75, 3.05) is 0 Å². The van der Waals surface area contributed by atoms with Crippen LogP contribution in [0, 0.1) is 6.92 Å². The molecule has 1 N–H and O–H groups in total. The van der Waals surface area contributed by atoms with Gasteiger partial charge < -0.3 is 14.4 Å². The number of imidazole rings is 1. The van der Waals surface area contributed by atoms with Gasteiger partial charge in [-0.25, -0.2) is 4.98 Å². The molecule has 21 heavy (non-hydrogen) atoms. The summed E-state index contributed by atoms with van der Waals surface area (Å²) in [6.07, 6.45) is 5.56. The van der Waals surface area contributed by atoms with Gasteiger partial charge in [-0.15, -0.1) is 0 Å². The van der Waals surface area contributed by atoms with Gasteiger partial charge in [-0.3, -0.25) is 4.79 Å². The molecule has 6 nitrogen and oxygen atoms in total. The molecule has 0 bridgehead atoms. The van der Waals surface area contributed by atoms with Crippen molar-refractivity contribution in [3.8, 4) is 0 Å². The topological polar surface area (TPSA) is 73.0 Å². The zero-order valence-corrected chi connectivity index (χ0v) is 12.6. The lowest BCUT2D eigenvalue weighted by Gasteiger charge is -2.24. The molecule has 0 aromatic carbocycles. The van der Waals surface area contributed by atoms with Crippen LogP contribution in [0.1, 0.15) is 53.8 Å². The minimum Gasteiger partial charge on any atom is -0.360 e. The quantitative estimate of drug-likeness (QED) is 0.938. The minimum absolute atomic E-state index is 0.0917. The van der Waals surface area contributed by atoms with Crippen LogP contribution in [-0.2, 0) is 13.0 Å². The number of amides is 1. The number of aromatic nitrogens is 3. The summed E-state index contributed by atoms with van der Waals surface area (Å²) in [5.74, 6) is 1.79. The molecule has 1 amide bonds. The summed E-state index contributed by atoms with van der Waals surface area (Å²) in [6, 6.07) is 0.119. The molecule has 1 unspecified atom stereocenters. The van der Waals surface area contributed by atoms with Gasteiger partial charge in [0.15, 0.2) is 5.76 Å². The van der Waals surface area contributed by atoms with E-state index in [1.165, 1.54) is 0 Å². The number of carbonyl (C=O) groups is 1. The van der Waals surface area contributed by atoms with Gasteiger partial charge in [0.25, 0.3) is 5.91 Å². The molecule has 0 saturated carbocycles. The minimum atomic E-state index is -0.0917. The summed E-state index contributed by atoms with van der Waals surface area (Å²) in [4.78, 5) is 16.8. The Morgan fingerprint density at radius 2 is 2.33 bits per heavy atom. The Morgan fingerprint density at radius 3 is 3.10 bits per heavy atom. The summed E-state index contributed by atoms with van der Waals surface area (Å²) in [5, 5.41) is 7.03. The van der Waals surface area contributed by atoms with Crippen molar-refractivity contribution < 1.29 is 9.32 Å². The molecule has 1 aliphatic heterocycles. The fourth-order valence-corrected chi connectivity index (χ4v) is 2.80. The largest absolute Gasteiger partial charge is 0.360 e. The fraction of sp³-hybridized carbons (Fsp3) is 0.533. The molecule has 1 atom stereocenters. The Morgan fingerprint density at radius 1 is 1.52 bits per heavy atom. The Hall–Kier alpha value is -2.11. The molecule has 3 rings (SSSR count). The molecule has 2 aromatic heterocycles. The normalized spacial score (nSPS) is 17.8. The molecule has 0 fully saturated rings. The van der Waals surface area contributed by atoms with E-state index in [0.29, 0.717) is 17.0 Å². The first kappa shape index (κ1) is 13.9. The summed E-state index contributed by atoms with van der Waals surface area (Å²) < 4.78 is 7.38. The molecule has 3 heterocycles. The number of fused-ring (bicyclic) bond motifs is 1. The van der Waals surface area contributed by atoms with Crippen LogP contribution in [-0.4, -0.2) is 26.7 Å². The number of nitrogens with one attached hydrogen (secondary N) is 1. The molecular formula is C15H20N4O2. The highest BCUT2D eigenvalue weighted by Crippen LogP contribution is 2.22. The lowest BCUT2D eigenvalue weighted by atomic mass is 10.0. The lowest BCUT2D eigenvalue weighted by Crippen LogP contribution is -2.41. The molecule has 0 spiro atoms. The van der Waals surface area contributed by atoms with Gasteiger partial charge >= 0.3 is 0 Å². The van der Waals surface area contributed by atoms with Crippen LogP contribution in [0.5, 0.6) is 0 Å². The van der Waals surface area contributed by atoms with Crippen molar-refractivity contribution in [1.29, 1.82) is 0 Å². The molecule has 2 aromatic rings. The van der Waals surface area contributed by atoms with Crippen LogP contribution in [0.3, 0.4) is 0 Å². The van der Waals surface area contributed by atoms with Gasteiger partial charge in [0.05, 0.1) is 5.69 Å². The van der Waals surface area contributed by atoms with Crippen LogP contribution < -0.4 is 5.32 Å². The van der Waals surface area contributed by atoms with E-state index in [1.54, 1.807) is 13.1 Å². The Labute approximate surface area is 123 Å². The van der Waals surface area contributed by atoms with Crippen molar-refractivity contribution in [2.45, 2.75) is 52.1 Å². The molecule has 6 heteroatoms. The Kier molecular flexibility index (Phi) is 3.53. The maximum atomic E-state index is 12.5. The van der Waals surface area contributed by atoms with E-state index in [9.17, 15) is 4.79 Å². The molecule has 0 radical (unpaired) electrons. The summed E-state index contributed by atoms with van der Waals surface area (Å²) in [7, 11) is 0. The van der Waals surface area contributed by atoms with Crippen LogP contribution in [0.2, 0.25) is 0 Å². The maximum Gasteiger partial charge on any atom is 0.257 e. The van der Waals surface area contributed by atoms with E-state index < -0.39 is 0 Å². The Bertz CT molecular complexity index is 656. The number of nitrogens with zero attached hydrogens (tertiary/aromatic N) is 3. The smallest absolute Gasteiger partial charge is 0.257 e. The van der Waals surface area contributed by atoms with Crippen molar-refractivity contribution in [2.24, 2.45) is 0 Å². The average molecular weight is 288 g/mol. The Balaban J connectivity index is 1.74. The van der Waals surface area contributed by atoms with E-state index in [-0.39, 0.29) is 17.9 Å². The van der Waals surface area contributed by atoms with Crippen molar-refractivity contribution in [3.05, 3.63) is 35.2 Å². The molecule has 112 valence electrons. The van der Waals surface area contributed by atoms with Crippen molar-refractivity contribution in [1.82, 2.24) is 20.0 Å². The standard InChI is InChI=1S/C15H20N4O2/c1-9(2)14-13(10(3)18-21-14)15(20)17-11-4-5-12-16-6-7-19(12)8-11/h6-7,9,11H,4-5,8H2,1-3H3,(H,17,20). The number of aryl methyl sites for hydroxylation is 2. The van der Waals surface area contributed by atoms with Gasteiger partial charge in [-0.05, 0) is 13.3 Å². The van der Waals surface area contributed by atoms with Crippen molar-refractivity contribution >= 4 is 5.91 Å². The highest BCUT2D eigenvalue weighted by molar-refractivity contribution is 5.96. The van der Waals surface area contributed by atoms with E-state index >= 15 is 0 Å². The third-order valence-corrected chi connectivity index (χ3v) is 3.91. The van der Waals surface area contributed by atoms with E-state index in [2.05, 4.69) is 20.0 Å². The highest BCUT2D eigenvalue weighted by Gasteiger charge is 2.26. The summed E-state index contributed by atoms with van der Waals surface area (Å²) >= 11 is 0. The van der Waals surface area contributed by atoms with Crippen LogP contribution in [0.15, 0.2) is 16.9 Å². The van der Waals surface area contributed by atoms with E-state index in [1.807, 2.05) is 20.0 Å². The number of rotatable bonds is 3. The van der Waals surface area contributed by atoms with E-state index in [4.69, 9.17) is 4.52 Å². The molecule has 0 saturated heterocycles. The van der Waals surface area contributed by atoms with Gasteiger partial charge in [0, 0.05) is 37.3 Å². The first-order chi connectivity index (χ1) is 10.1. The van der Waals surface area contributed by atoms with Gasteiger partial charge in [-0.2, -0.15) is 0 Å². The van der Waals surface area contributed by atoms with Gasteiger partial charge in [0.1, 0.15) is 11.4 Å². The lowest BCUT2D eigenvalue weighted by molar-refractivity contribution is 0.0924. The second-order valence-electron chi connectivity index (χ2n) is 5.87. The first-order valence-corrected chi connectivity index (χ1v) is 7.33. The fourth-order valence-electron chi connectivity index (χ4n) is 2.80. The van der Waals surface area contributed by atoms with Crippen LogP contribution in [0.4, 0.5) is 0 Å². The van der Waals surface area contributed by atoms with Crippen LogP contribution in [0.25, 0.3) is 0 Å². The average Bonchev–Trinajstić information content (AvgIpc) is 3.04. The zero-order chi connectivity index (χ0) is 15.0. The predicted octanol–water partition coefficient (Wildman–Crippen LogP) is 2.05. The summed E-state index contributed by atoms with van der Waals surface area (Å²) in [6.45, 7) is 6.56. The third-order valence-electron chi connectivity index (χ3n) is 3.91. The second-order valence-corrected chi connectivity index (χ2v) is 5.87. The van der Waals surface area contributed by atoms with Crippen molar-refractivity contribution in [3.63, 3.8) is 0 Å². The van der Waals surface area contributed by atoms with Gasteiger partial charge in [-0.1, -0.05) is 19.0 Å².